The van der Waals surface area contributed by atoms with E-state index in [1.165, 1.54) is 25.7 Å². The summed E-state index contributed by atoms with van der Waals surface area (Å²) in [6.45, 7) is 7.70. The SMILES string of the molecule is Cc1nc(CN2CCC(CNC(=O)CC3CC4CCC(C3)N4)CC2)oc1C.Cl.Cl. The number of aromatic nitrogens is 1. The summed E-state index contributed by atoms with van der Waals surface area (Å²) in [7, 11) is 0. The lowest BCUT2D eigenvalue weighted by molar-refractivity contribution is -0.122. The molecule has 3 fully saturated rings. The number of amides is 1. The first-order chi connectivity index (χ1) is 13.0. The van der Waals surface area contributed by atoms with Crippen LogP contribution in [-0.4, -0.2) is 47.5 Å². The number of nitrogens with one attached hydrogen (secondary N) is 2. The van der Waals surface area contributed by atoms with Gasteiger partial charge in [-0.25, -0.2) is 4.98 Å². The lowest BCUT2D eigenvalue weighted by Gasteiger charge is -2.31. The molecule has 1 amide bonds. The standard InChI is InChI=1S/C21H34N4O2.2ClH/c1-14-15(2)27-21(23-14)13-25-7-5-16(6-8-25)12-22-20(26)11-17-9-18-3-4-19(10-17)24-18;;/h16-19,24H,3-13H2,1-2H3,(H,22,26);2*1H. The minimum absolute atomic E-state index is 0. The summed E-state index contributed by atoms with van der Waals surface area (Å²) in [5.41, 5.74) is 0.990. The normalized spacial score (nSPS) is 27.2. The zero-order valence-corrected chi connectivity index (χ0v) is 19.2. The third kappa shape index (κ3) is 6.58. The first kappa shape index (κ1) is 24.4. The molecule has 0 aromatic carbocycles. The van der Waals surface area contributed by atoms with E-state index in [4.69, 9.17) is 4.42 Å². The van der Waals surface area contributed by atoms with Gasteiger partial charge in [0, 0.05) is 25.0 Å². The van der Waals surface area contributed by atoms with Crippen molar-refractivity contribution in [3.8, 4) is 0 Å². The van der Waals surface area contributed by atoms with Crippen LogP contribution in [-0.2, 0) is 11.3 Å². The van der Waals surface area contributed by atoms with Crippen LogP contribution in [0.5, 0.6) is 0 Å². The summed E-state index contributed by atoms with van der Waals surface area (Å²) in [5, 5.41) is 6.87. The topological polar surface area (TPSA) is 70.4 Å². The fourth-order valence-electron chi connectivity index (χ4n) is 5.08. The van der Waals surface area contributed by atoms with E-state index in [0.717, 1.165) is 62.8 Å². The minimum Gasteiger partial charge on any atom is -0.444 e. The lowest BCUT2D eigenvalue weighted by Crippen LogP contribution is -2.41. The number of likely N-dealkylation sites (tertiary alicyclic amines) is 1. The molecular weight excluding hydrogens is 411 g/mol. The molecule has 4 heterocycles. The van der Waals surface area contributed by atoms with Crippen molar-refractivity contribution in [1.82, 2.24) is 20.5 Å². The number of hydrogen-bond donors (Lipinski definition) is 2. The van der Waals surface area contributed by atoms with Gasteiger partial charge in [-0.15, -0.1) is 24.8 Å². The van der Waals surface area contributed by atoms with Gasteiger partial charge in [0.25, 0.3) is 0 Å². The van der Waals surface area contributed by atoms with Crippen LogP contribution in [0.3, 0.4) is 0 Å². The van der Waals surface area contributed by atoms with Crippen LogP contribution < -0.4 is 10.6 Å². The van der Waals surface area contributed by atoms with Crippen molar-refractivity contribution in [2.45, 2.75) is 77.4 Å². The van der Waals surface area contributed by atoms with Crippen LogP contribution in [0.2, 0.25) is 0 Å². The number of piperidine rings is 2. The quantitative estimate of drug-likeness (QED) is 0.700. The van der Waals surface area contributed by atoms with Crippen molar-refractivity contribution < 1.29 is 9.21 Å². The Morgan fingerprint density at radius 1 is 1.10 bits per heavy atom. The summed E-state index contributed by atoms with van der Waals surface area (Å²) in [5.74, 6) is 3.19. The van der Waals surface area contributed by atoms with Gasteiger partial charge in [0.2, 0.25) is 11.8 Å². The molecule has 0 radical (unpaired) electrons. The molecule has 3 aliphatic heterocycles. The second kappa shape index (κ2) is 11.0. The molecule has 3 saturated heterocycles. The Bertz CT molecular complexity index is 630. The molecule has 2 atom stereocenters. The van der Waals surface area contributed by atoms with E-state index in [2.05, 4.69) is 20.5 Å². The number of rotatable bonds is 6. The highest BCUT2D eigenvalue weighted by atomic mass is 35.5. The van der Waals surface area contributed by atoms with Gasteiger partial charge in [-0.05, 0) is 77.3 Å². The highest BCUT2D eigenvalue weighted by Crippen LogP contribution is 2.32. The van der Waals surface area contributed by atoms with Crippen LogP contribution in [0.1, 0.15) is 62.3 Å². The Hall–Kier alpha value is -0.820. The zero-order chi connectivity index (χ0) is 18.8. The van der Waals surface area contributed by atoms with Gasteiger partial charge in [-0.3, -0.25) is 9.69 Å². The molecule has 0 aliphatic carbocycles. The maximum Gasteiger partial charge on any atom is 0.220 e. The Kier molecular flexibility index (Phi) is 9.26. The maximum atomic E-state index is 12.4. The summed E-state index contributed by atoms with van der Waals surface area (Å²) >= 11 is 0. The van der Waals surface area contributed by atoms with E-state index in [9.17, 15) is 4.79 Å². The largest absolute Gasteiger partial charge is 0.444 e. The molecule has 166 valence electrons. The summed E-state index contributed by atoms with van der Waals surface area (Å²) in [6.07, 6.45) is 7.95. The third-order valence-corrected chi connectivity index (χ3v) is 6.77. The highest BCUT2D eigenvalue weighted by molar-refractivity contribution is 5.85. The Balaban J connectivity index is 0.00000150. The minimum atomic E-state index is 0. The molecule has 8 heteroatoms. The first-order valence-corrected chi connectivity index (χ1v) is 10.7. The van der Waals surface area contributed by atoms with Crippen LogP contribution in [0.4, 0.5) is 0 Å². The predicted octanol–water partition coefficient (Wildman–Crippen LogP) is 3.38. The van der Waals surface area contributed by atoms with Gasteiger partial charge in [0.05, 0.1) is 12.2 Å². The van der Waals surface area contributed by atoms with Crippen molar-refractivity contribution >= 4 is 30.7 Å². The van der Waals surface area contributed by atoms with Crippen molar-refractivity contribution in [3.63, 3.8) is 0 Å². The molecule has 1 aromatic rings. The van der Waals surface area contributed by atoms with Gasteiger partial charge in [0.1, 0.15) is 5.76 Å². The van der Waals surface area contributed by atoms with Crippen molar-refractivity contribution in [2.75, 3.05) is 19.6 Å². The van der Waals surface area contributed by atoms with Crippen LogP contribution in [0.15, 0.2) is 4.42 Å². The monoisotopic (exact) mass is 446 g/mol. The number of fused-ring (bicyclic) bond motifs is 2. The zero-order valence-electron chi connectivity index (χ0n) is 17.6. The number of oxazole rings is 1. The molecule has 4 rings (SSSR count). The van der Waals surface area contributed by atoms with E-state index in [0.29, 0.717) is 23.9 Å². The fourth-order valence-corrected chi connectivity index (χ4v) is 5.08. The second-order valence-corrected chi connectivity index (χ2v) is 8.95. The molecule has 0 saturated carbocycles. The number of carbonyl (C=O) groups excluding carboxylic acids is 1. The van der Waals surface area contributed by atoms with E-state index in [1.54, 1.807) is 0 Å². The van der Waals surface area contributed by atoms with Crippen LogP contribution in [0.25, 0.3) is 0 Å². The number of aryl methyl sites for hydroxylation is 2. The van der Waals surface area contributed by atoms with E-state index in [1.807, 2.05) is 13.8 Å². The fraction of sp³-hybridized carbons (Fsp3) is 0.810. The molecule has 6 nitrogen and oxygen atoms in total. The van der Waals surface area contributed by atoms with Gasteiger partial charge in [0.15, 0.2) is 0 Å². The molecule has 2 unspecified atom stereocenters. The summed E-state index contributed by atoms with van der Waals surface area (Å²) < 4.78 is 5.70. The first-order valence-electron chi connectivity index (χ1n) is 10.7. The number of hydrogen-bond acceptors (Lipinski definition) is 5. The van der Waals surface area contributed by atoms with Crippen molar-refractivity contribution in [3.05, 3.63) is 17.3 Å². The molecule has 3 aliphatic rings. The number of carbonyl (C=O) groups is 1. The lowest BCUT2D eigenvalue weighted by atomic mass is 9.89. The van der Waals surface area contributed by atoms with Crippen LogP contribution in [0, 0.1) is 25.7 Å². The Morgan fingerprint density at radius 3 is 2.34 bits per heavy atom. The Morgan fingerprint density at radius 2 is 1.76 bits per heavy atom. The molecule has 2 bridgehead atoms. The molecule has 1 aromatic heterocycles. The van der Waals surface area contributed by atoms with Gasteiger partial charge >= 0.3 is 0 Å². The van der Waals surface area contributed by atoms with E-state index < -0.39 is 0 Å². The van der Waals surface area contributed by atoms with Gasteiger partial charge in [-0.1, -0.05) is 0 Å². The summed E-state index contributed by atoms with van der Waals surface area (Å²) in [4.78, 5) is 19.3. The molecule has 29 heavy (non-hydrogen) atoms. The highest BCUT2D eigenvalue weighted by Gasteiger charge is 2.34. The second-order valence-electron chi connectivity index (χ2n) is 8.95. The molecular formula is C21H36Cl2N4O2. The molecule has 0 spiro atoms. The smallest absolute Gasteiger partial charge is 0.220 e. The van der Waals surface area contributed by atoms with Gasteiger partial charge in [-0.2, -0.15) is 0 Å². The van der Waals surface area contributed by atoms with E-state index in [-0.39, 0.29) is 30.7 Å². The Labute approximate surface area is 186 Å². The molecule has 2 N–H and O–H groups in total. The van der Waals surface area contributed by atoms with Crippen molar-refractivity contribution in [1.29, 1.82) is 0 Å². The average Bonchev–Trinajstić information content (AvgIpc) is 3.15. The van der Waals surface area contributed by atoms with Crippen molar-refractivity contribution in [2.24, 2.45) is 11.8 Å². The van der Waals surface area contributed by atoms with E-state index >= 15 is 0 Å². The number of halogens is 2. The van der Waals surface area contributed by atoms with Gasteiger partial charge < -0.3 is 15.1 Å². The maximum absolute atomic E-state index is 12.4. The van der Waals surface area contributed by atoms with Crippen LogP contribution >= 0.6 is 24.8 Å². The number of nitrogens with zero attached hydrogens (tertiary/aromatic N) is 2. The third-order valence-electron chi connectivity index (χ3n) is 6.77. The summed E-state index contributed by atoms with van der Waals surface area (Å²) in [6, 6.07) is 1.34. The average molecular weight is 447 g/mol. The predicted molar refractivity (Wildman–Crippen MR) is 119 cm³/mol.